The zero-order valence-electron chi connectivity index (χ0n) is 14.9. The number of halogens is 1. The number of fused-ring (bicyclic) bond motifs is 2. The van der Waals surface area contributed by atoms with Gasteiger partial charge in [0.1, 0.15) is 5.82 Å². The quantitative estimate of drug-likeness (QED) is 0.651. The van der Waals surface area contributed by atoms with E-state index in [1.165, 1.54) is 31.7 Å². The van der Waals surface area contributed by atoms with Crippen molar-refractivity contribution in [1.82, 2.24) is 10.6 Å². The predicted octanol–water partition coefficient (Wildman–Crippen LogP) is 2.88. The van der Waals surface area contributed by atoms with Crippen LogP contribution in [0.5, 0.6) is 0 Å². The molecule has 1 saturated heterocycles. The van der Waals surface area contributed by atoms with E-state index in [4.69, 9.17) is 4.74 Å². The number of nitrogens with zero attached hydrogens (tertiary/aromatic N) is 1. The molecular formula is C20H28FN3O. The van der Waals surface area contributed by atoms with Crippen LogP contribution in [0.25, 0.3) is 0 Å². The first kappa shape index (κ1) is 16.8. The van der Waals surface area contributed by atoms with Crippen LogP contribution in [0.1, 0.15) is 37.7 Å². The van der Waals surface area contributed by atoms with Crippen LogP contribution in [0.15, 0.2) is 29.3 Å². The number of hydrogen-bond donors (Lipinski definition) is 2. The van der Waals surface area contributed by atoms with E-state index < -0.39 is 0 Å². The molecule has 2 N–H and O–H groups in total. The van der Waals surface area contributed by atoms with Gasteiger partial charge in [0.2, 0.25) is 0 Å². The number of ether oxygens (including phenoxy) is 1. The highest BCUT2D eigenvalue weighted by atomic mass is 19.1. The van der Waals surface area contributed by atoms with Crippen LogP contribution < -0.4 is 10.6 Å². The molecular weight excluding hydrogens is 317 g/mol. The van der Waals surface area contributed by atoms with Crippen LogP contribution in [0.4, 0.5) is 4.39 Å². The van der Waals surface area contributed by atoms with E-state index in [9.17, 15) is 4.39 Å². The Hall–Kier alpha value is -1.62. The summed E-state index contributed by atoms with van der Waals surface area (Å²) in [5.74, 6) is 1.31. The highest BCUT2D eigenvalue weighted by Gasteiger charge is 2.65. The molecule has 2 aliphatic carbocycles. The van der Waals surface area contributed by atoms with Crippen molar-refractivity contribution in [3.8, 4) is 0 Å². The van der Waals surface area contributed by atoms with Crippen LogP contribution in [0.3, 0.4) is 0 Å². The number of rotatable bonds is 4. The van der Waals surface area contributed by atoms with Gasteiger partial charge in [-0.15, -0.1) is 0 Å². The summed E-state index contributed by atoms with van der Waals surface area (Å²) in [5.41, 5.74) is 1.05. The fourth-order valence-electron chi connectivity index (χ4n) is 5.26. The molecule has 1 heterocycles. The molecule has 5 heteroatoms. The fourth-order valence-corrected chi connectivity index (χ4v) is 5.26. The average Bonchev–Trinajstić information content (AvgIpc) is 3.28. The normalized spacial score (nSPS) is 30.2. The Kier molecular flexibility index (Phi) is 4.67. The van der Waals surface area contributed by atoms with Gasteiger partial charge in [0, 0.05) is 37.6 Å². The summed E-state index contributed by atoms with van der Waals surface area (Å²) in [6, 6.07) is 7.42. The predicted molar refractivity (Wildman–Crippen MR) is 97.1 cm³/mol. The molecule has 0 bridgehead atoms. The maximum Gasteiger partial charge on any atom is 0.191 e. The number of hydrogen-bond acceptors (Lipinski definition) is 2. The van der Waals surface area contributed by atoms with E-state index in [1.54, 1.807) is 13.1 Å². The van der Waals surface area contributed by atoms with Crippen LogP contribution in [-0.2, 0) is 11.2 Å². The van der Waals surface area contributed by atoms with Crippen LogP contribution in [0, 0.1) is 17.2 Å². The first-order chi connectivity index (χ1) is 12.2. The molecule has 1 aliphatic heterocycles. The minimum atomic E-state index is -0.137. The Balaban J connectivity index is 1.35. The number of guanidine groups is 1. The van der Waals surface area contributed by atoms with Crippen molar-refractivity contribution in [2.75, 3.05) is 20.2 Å². The highest BCUT2D eigenvalue weighted by molar-refractivity contribution is 5.80. The lowest BCUT2D eigenvalue weighted by Crippen LogP contribution is -2.69. The smallest absolute Gasteiger partial charge is 0.191 e. The first-order valence-electron chi connectivity index (χ1n) is 9.57. The van der Waals surface area contributed by atoms with Crippen molar-refractivity contribution in [3.05, 3.63) is 35.6 Å². The third kappa shape index (κ3) is 2.92. The van der Waals surface area contributed by atoms with Crippen molar-refractivity contribution in [2.45, 2.75) is 50.7 Å². The lowest BCUT2D eigenvalue weighted by molar-refractivity contribution is -0.125. The van der Waals surface area contributed by atoms with Crippen molar-refractivity contribution >= 4 is 5.96 Å². The van der Waals surface area contributed by atoms with Crippen molar-refractivity contribution in [3.63, 3.8) is 0 Å². The molecule has 3 atom stereocenters. The van der Waals surface area contributed by atoms with E-state index in [0.29, 0.717) is 36.4 Å². The molecule has 2 saturated carbocycles. The molecule has 3 aliphatic rings. The van der Waals surface area contributed by atoms with E-state index in [-0.39, 0.29) is 5.82 Å². The molecule has 1 aromatic carbocycles. The maximum absolute atomic E-state index is 13.7. The molecule has 1 aromatic rings. The molecule has 25 heavy (non-hydrogen) atoms. The Bertz CT molecular complexity index is 642. The number of aliphatic imine (C=N–C) groups is 1. The second-order valence-electron chi connectivity index (χ2n) is 7.65. The van der Waals surface area contributed by atoms with Gasteiger partial charge in [-0.1, -0.05) is 31.0 Å². The van der Waals surface area contributed by atoms with Gasteiger partial charge in [0.15, 0.2) is 5.96 Å². The Morgan fingerprint density at radius 3 is 2.88 bits per heavy atom. The highest BCUT2D eigenvalue weighted by Crippen LogP contribution is 2.60. The molecule has 0 aromatic heterocycles. The summed E-state index contributed by atoms with van der Waals surface area (Å²) in [6.07, 6.45) is 7.39. The van der Waals surface area contributed by atoms with Crippen molar-refractivity contribution in [1.29, 1.82) is 0 Å². The summed E-state index contributed by atoms with van der Waals surface area (Å²) in [5, 5.41) is 7.04. The summed E-state index contributed by atoms with van der Waals surface area (Å²) in [7, 11) is 1.81. The topological polar surface area (TPSA) is 45.7 Å². The minimum absolute atomic E-state index is 0.137. The van der Waals surface area contributed by atoms with Gasteiger partial charge >= 0.3 is 0 Å². The average molecular weight is 345 g/mol. The summed E-state index contributed by atoms with van der Waals surface area (Å²) >= 11 is 0. The number of nitrogens with one attached hydrogen (secondary N) is 2. The molecule has 136 valence electrons. The third-order valence-electron chi connectivity index (χ3n) is 6.45. The van der Waals surface area contributed by atoms with Crippen LogP contribution in [-0.4, -0.2) is 38.3 Å². The summed E-state index contributed by atoms with van der Waals surface area (Å²) in [6.45, 7) is 1.57. The molecule has 0 amide bonds. The van der Waals surface area contributed by atoms with Crippen molar-refractivity contribution in [2.24, 2.45) is 16.3 Å². The van der Waals surface area contributed by atoms with Gasteiger partial charge in [-0.05, 0) is 37.3 Å². The Morgan fingerprint density at radius 1 is 1.32 bits per heavy atom. The lowest BCUT2D eigenvalue weighted by atomic mass is 9.54. The van der Waals surface area contributed by atoms with E-state index in [0.717, 1.165) is 24.6 Å². The molecule has 3 unspecified atom stereocenters. The maximum atomic E-state index is 13.7. The zero-order chi connectivity index (χ0) is 17.3. The Morgan fingerprint density at radius 2 is 2.12 bits per heavy atom. The third-order valence-corrected chi connectivity index (χ3v) is 6.45. The second-order valence-corrected chi connectivity index (χ2v) is 7.65. The fraction of sp³-hybridized carbons (Fsp3) is 0.650. The summed E-state index contributed by atoms with van der Waals surface area (Å²) in [4.78, 5) is 4.39. The van der Waals surface area contributed by atoms with Crippen LogP contribution in [0.2, 0.25) is 0 Å². The number of benzene rings is 1. The monoisotopic (exact) mass is 345 g/mol. The largest absolute Gasteiger partial charge is 0.377 e. The molecule has 3 fully saturated rings. The Labute approximate surface area is 149 Å². The molecule has 4 nitrogen and oxygen atoms in total. The molecule has 0 radical (unpaired) electrons. The van der Waals surface area contributed by atoms with E-state index in [2.05, 4.69) is 15.6 Å². The van der Waals surface area contributed by atoms with Gasteiger partial charge in [0.05, 0.1) is 6.10 Å². The van der Waals surface area contributed by atoms with Gasteiger partial charge in [-0.25, -0.2) is 4.39 Å². The minimum Gasteiger partial charge on any atom is -0.377 e. The first-order valence-corrected chi connectivity index (χ1v) is 9.57. The molecule has 4 rings (SSSR count). The standard InChI is InChI=1S/C20H28FN3O/c1-22-19(23-12-8-14-6-2-3-7-16(14)21)24-17-15-9-13-25-18(15)20(17)10-4-5-11-20/h2-3,6-7,15,17-18H,4-5,8-13H2,1H3,(H2,22,23,24). The van der Waals surface area contributed by atoms with Gasteiger partial charge < -0.3 is 15.4 Å². The summed E-state index contributed by atoms with van der Waals surface area (Å²) < 4.78 is 19.8. The van der Waals surface area contributed by atoms with Crippen molar-refractivity contribution < 1.29 is 9.13 Å². The molecule has 1 spiro atoms. The zero-order valence-corrected chi connectivity index (χ0v) is 14.9. The van der Waals surface area contributed by atoms with E-state index >= 15 is 0 Å². The second kappa shape index (κ2) is 6.94. The van der Waals surface area contributed by atoms with Gasteiger partial charge in [-0.2, -0.15) is 0 Å². The van der Waals surface area contributed by atoms with Gasteiger partial charge in [0.25, 0.3) is 0 Å². The van der Waals surface area contributed by atoms with Gasteiger partial charge in [-0.3, -0.25) is 4.99 Å². The SMILES string of the molecule is CN=C(NCCc1ccccc1F)NC1C2CCOC2C12CCCC2. The van der Waals surface area contributed by atoms with Crippen LogP contribution >= 0.6 is 0 Å². The lowest BCUT2D eigenvalue weighted by Gasteiger charge is -2.57. The van der Waals surface area contributed by atoms with E-state index in [1.807, 2.05) is 12.1 Å².